The lowest BCUT2D eigenvalue weighted by Crippen LogP contribution is -2.34. The highest BCUT2D eigenvalue weighted by atomic mass is 16.6. The lowest BCUT2D eigenvalue weighted by Gasteiger charge is -2.18. The number of aromatic amines is 1. The van der Waals surface area contributed by atoms with E-state index in [9.17, 15) is 14.4 Å². The van der Waals surface area contributed by atoms with Crippen LogP contribution < -0.4 is 11.2 Å². The minimum atomic E-state index is -0.490. The predicted molar refractivity (Wildman–Crippen MR) is 88.4 cm³/mol. The minimum absolute atomic E-state index is 0.0778. The molecule has 24 heavy (non-hydrogen) atoms. The SMILES string of the molecule is CCn1c(=O)[nH]c2cc(C(=O)OC3CCCC3OC)ccc2c1=O. The topological polar surface area (TPSA) is 90.4 Å². The van der Waals surface area contributed by atoms with Crippen LogP contribution in [0.5, 0.6) is 0 Å². The maximum atomic E-state index is 12.3. The van der Waals surface area contributed by atoms with Gasteiger partial charge >= 0.3 is 11.7 Å². The van der Waals surface area contributed by atoms with Crippen molar-refractivity contribution in [3.8, 4) is 0 Å². The van der Waals surface area contributed by atoms with Gasteiger partial charge in [-0.05, 0) is 44.4 Å². The molecule has 7 nitrogen and oxygen atoms in total. The van der Waals surface area contributed by atoms with Gasteiger partial charge in [0.05, 0.1) is 22.6 Å². The van der Waals surface area contributed by atoms with Gasteiger partial charge in [-0.3, -0.25) is 9.36 Å². The highest BCUT2D eigenvalue weighted by molar-refractivity contribution is 5.94. The summed E-state index contributed by atoms with van der Waals surface area (Å²) < 4.78 is 11.9. The minimum Gasteiger partial charge on any atom is -0.456 e. The molecule has 2 atom stereocenters. The van der Waals surface area contributed by atoms with Crippen LogP contribution in [0, 0.1) is 0 Å². The Bertz CT molecular complexity index is 883. The Morgan fingerprint density at radius 3 is 2.75 bits per heavy atom. The predicted octanol–water partition coefficient (Wildman–Crippen LogP) is 1.43. The molecule has 1 saturated carbocycles. The Kier molecular flexibility index (Phi) is 4.53. The molecule has 1 heterocycles. The van der Waals surface area contributed by atoms with Gasteiger partial charge in [-0.15, -0.1) is 0 Å². The number of nitrogens with one attached hydrogen (secondary N) is 1. The third kappa shape index (κ3) is 2.87. The number of H-pyrrole nitrogens is 1. The first-order chi connectivity index (χ1) is 11.5. The molecule has 3 rings (SSSR count). The fourth-order valence-corrected chi connectivity index (χ4v) is 3.17. The molecule has 0 spiro atoms. The fourth-order valence-electron chi connectivity index (χ4n) is 3.17. The third-order valence-electron chi connectivity index (χ3n) is 4.49. The van der Waals surface area contributed by atoms with Crippen molar-refractivity contribution in [1.29, 1.82) is 0 Å². The van der Waals surface area contributed by atoms with Gasteiger partial charge in [0.25, 0.3) is 5.56 Å². The molecule has 1 fully saturated rings. The van der Waals surface area contributed by atoms with E-state index >= 15 is 0 Å². The van der Waals surface area contributed by atoms with E-state index in [1.807, 2.05) is 0 Å². The van der Waals surface area contributed by atoms with Crippen LogP contribution >= 0.6 is 0 Å². The number of benzene rings is 1. The van der Waals surface area contributed by atoms with Crippen LogP contribution in [0.3, 0.4) is 0 Å². The number of aromatic nitrogens is 2. The van der Waals surface area contributed by atoms with Crippen LogP contribution in [0.2, 0.25) is 0 Å². The highest BCUT2D eigenvalue weighted by Gasteiger charge is 2.30. The van der Waals surface area contributed by atoms with Gasteiger partial charge < -0.3 is 14.5 Å². The number of nitrogens with zero attached hydrogens (tertiary/aromatic N) is 1. The Hall–Kier alpha value is -2.41. The zero-order valence-corrected chi connectivity index (χ0v) is 13.7. The molecule has 7 heteroatoms. The van der Waals surface area contributed by atoms with Gasteiger partial charge in [0.15, 0.2) is 0 Å². The zero-order valence-electron chi connectivity index (χ0n) is 13.7. The Balaban J connectivity index is 1.92. The third-order valence-corrected chi connectivity index (χ3v) is 4.49. The van der Waals surface area contributed by atoms with Gasteiger partial charge in [-0.2, -0.15) is 0 Å². The molecule has 0 amide bonds. The van der Waals surface area contributed by atoms with Crippen molar-refractivity contribution in [1.82, 2.24) is 9.55 Å². The Morgan fingerprint density at radius 2 is 2.04 bits per heavy atom. The Labute approximate surface area is 138 Å². The second-order valence-corrected chi connectivity index (χ2v) is 5.89. The van der Waals surface area contributed by atoms with E-state index in [1.54, 1.807) is 26.2 Å². The van der Waals surface area contributed by atoms with E-state index < -0.39 is 11.7 Å². The standard InChI is InChI=1S/C17H20N2O5/c1-3-19-15(20)11-8-7-10(9-12(11)18-17(19)22)16(21)24-14-6-4-5-13(14)23-2/h7-9,13-14H,3-6H2,1-2H3,(H,18,22). The average Bonchev–Trinajstić information content (AvgIpc) is 3.01. The zero-order chi connectivity index (χ0) is 17.3. The summed E-state index contributed by atoms with van der Waals surface area (Å²) in [5, 5.41) is 0.364. The molecular weight excluding hydrogens is 312 g/mol. The van der Waals surface area contributed by atoms with Gasteiger partial charge in [0, 0.05) is 13.7 Å². The molecule has 0 bridgehead atoms. The van der Waals surface area contributed by atoms with Crippen LogP contribution in [0.4, 0.5) is 0 Å². The summed E-state index contributed by atoms with van der Waals surface area (Å²) in [4.78, 5) is 39.1. The summed E-state index contributed by atoms with van der Waals surface area (Å²) in [6, 6.07) is 4.57. The Morgan fingerprint density at radius 1 is 1.29 bits per heavy atom. The van der Waals surface area contributed by atoms with E-state index in [1.165, 1.54) is 6.07 Å². The van der Waals surface area contributed by atoms with Crippen LogP contribution in [0.1, 0.15) is 36.5 Å². The highest BCUT2D eigenvalue weighted by Crippen LogP contribution is 2.25. The number of ether oxygens (including phenoxy) is 2. The summed E-state index contributed by atoms with van der Waals surface area (Å²) in [7, 11) is 1.61. The maximum Gasteiger partial charge on any atom is 0.338 e. The van der Waals surface area contributed by atoms with Crippen molar-refractivity contribution in [2.75, 3.05) is 7.11 Å². The first kappa shape index (κ1) is 16.4. The van der Waals surface area contributed by atoms with Gasteiger partial charge in [-0.25, -0.2) is 9.59 Å². The van der Waals surface area contributed by atoms with Crippen molar-refractivity contribution in [3.63, 3.8) is 0 Å². The largest absolute Gasteiger partial charge is 0.456 e. The smallest absolute Gasteiger partial charge is 0.338 e. The molecule has 0 aliphatic heterocycles. The van der Waals surface area contributed by atoms with Crippen LogP contribution in [-0.4, -0.2) is 34.8 Å². The molecule has 0 saturated heterocycles. The van der Waals surface area contributed by atoms with Crippen LogP contribution in [0.15, 0.2) is 27.8 Å². The van der Waals surface area contributed by atoms with Crippen molar-refractivity contribution >= 4 is 16.9 Å². The first-order valence-corrected chi connectivity index (χ1v) is 8.05. The number of rotatable bonds is 4. The summed E-state index contributed by atoms with van der Waals surface area (Å²) in [6.07, 6.45) is 2.26. The first-order valence-electron chi connectivity index (χ1n) is 8.05. The fraction of sp³-hybridized carbons (Fsp3) is 0.471. The summed E-state index contributed by atoms with van der Waals surface area (Å²) >= 11 is 0. The summed E-state index contributed by atoms with van der Waals surface area (Å²) in [5.74, 6) is -0.480. The second-order valence-electron chi connectivity index (χ2n) is 5.89. The van der Waals surface area contributed by atoms with Crippen molar-refractivity contribution in [2.24, 2.45) is 0 Å². The lowest BCUT2D eigenvalue weighted by molar-refractivity contribution is -0.0206. The van der Waals surface area contributed by atoms with E-state index in [2.05, 4.69) is 4.98 Å². The number of fused-ring (bicyclic) bond motifs is 1. The van der Waals surface area contributed by atoms with Gasteiger partial charge in [0.1, 0.15) is 6.10 Å². The molecule has 1 aromatic carbocycles. The number of carbonyl (C=O) groups is 1. The van der Waals surface area contributed by atoms with E-state index in [0.29, 0.717) is 16.5 Å². The van der Waals surface area contributed by atoms with E-state index in [-0.39, 0.29) is 24.3 Å². The summed E-state index contributed by atoms with van der Waals surface area (Å²) in [6.45, 7) is 2.01. The van der Waals surface area contributed by atoms with Crippen molar-refractivity contribution in [3.05, 3.63) is 44.6 Å². The van der Waals surface area contributed by atoms with E-state index in [4.69, 9.17) is 9.47 Å². The molecule has 2 unspecified atom stereocenters. The van der Waals surface area contributed by atoms with Gasteiger partial charge in [-0.1, -0.05) is 0 Å². The van der Waals surface area contributed by atoms with Gasteiger partial charge in [0.2, 0.25) is 0 Å². The average molecular weight is 332 g/mol. The molecule has 128 valence electrons. The quantitative estimate of drug-likeness (QED) is 0.856. The number of esters is 1. The van der Waals surface area contributed by atoms with E-state index in [0.717, 1.165) is 23.8 Å². The van der Waals surface area contributed by atoms with Crippen molar-refractivity contribution < 1.29 is 14.3 Å². The molecule has 0 radical (unpaired) electrons. The molecule has 1 aliphatic rings. The molecular formula is C17H20N2O5. The lowest BCUT2D eigenvalue weighted by atomic mass is 10.1. The molecule has 2 aromatic rings. The number of methoxy groups -OCH3 is 1. The van der Waals surface area contributed by atoms with Crippen LogP contribution in [0.25, 0.3) is 10.9 Å². The molecule has 1 N–H and O–H groups in total. The molecule has 1 aliphatic carbocycles. The number of hydrogen-bond acceptors (Lipinski definition) is 5. The monoisotopic (exact) mass is 332 g/mol. The maximum absolute atomic E-state index is 12.3. The number of hydrogen-bond donors (Lipinski definition) is 1. The normalized spacial score (nSPS) is 20.4. The second kappa shape index (κ2) is 6.60. The number of carbonyl (C=O) groups excluding carboxylic acids is 1. The van der Waals surface area contributed by atoms with Crippen LogP contribution in [-0.2, 0) is 16.0 Å². The summed E-state index contributed by atoms with van der Waals surface area (Å²) in [5.41, 5.74) is -0.227. The van der Waals surface area contributed by atoms with Crippen molar-refractivity contribution in [2.45, 2.75) is 44.9 Å². The molecule has 1 aromatic heterocycles.